The lowest BCUT2D eigenvalue weighted by molar-refractivity contribution is 0.373. The van der Waals surface area contributed by atoms with Crippen LogP contribution in [-0.2, 0) is 6.54 Å². The molecule has 0 atom stereocenters. The van der Waals surface area contributed by atoms with E-state index in [0.717, 1.165) is 16.9 Å². The number of hydrogen-bond donors (Lipinski definition) is 2. The molecule has 5 heteroatoms. The van der Waals surface area contributed by atoms with Gasteiger partial charge in [0.25, 0.3) is 0 Å². The monoisotopic (exact) mass is 278 g/mol. The summed E-state index contributed by atoms with van der Waals surface area (Å²) in [4.78, 5) is 4.17. The highest BCUT2D eigenvalue weighted by Crippen LogP contribution is 2.26. The first-order valence-electron chi connectivity index (χ1n) is 5.83. The van der Waals surface area contributed by atoms with E-state index < -0.39 is 0 Å². The van der Waals surface area contributed by atoms with E-state index in [2.05, 4.69) is 10.3 Å². The van der Waals surface area contributed by atoms with Gasteiger partial charge in [0.05, 0.1) is 18.5 Å². The van der Waals surface area contributed by atoms with Crippen molar-refractivity contribution in [2.45, 2.75) is 13.5 Å². The lowest BCUT2D eigenvalue weighted by atomic mass is 10.2. The van der Waals surface area contributed by atoms with Crippen LogP contribution in [0.15, 0.2) is 30.3 Å². The zero-order valence-corrected chi connectivity index (χ0v) is 11.5. The highest BCUT2D eigenvalue weighted by atomic mass is 35.5. The van der Waals surface area contributed by atoms with Crippen LogP contribution >= 0.6 is 11.6 Å². The van der Waals surface area contributed by atoms with Crippen molar-refractivity contribution in [3.05, 3.63) is 46.7 Å². The number of aryl methyl sites for hydroxylation is 1. The number of ether oxygens (including phenoxy) is 1. The summed E-state index contributed by atoms with van der Waals surface area (Å²) in [5.74, 6) is 0.598. The molecule has 19 heavy (non-hydrogen) atoms. The van der Waals surface area contributed by atoms with Crippen LogP contribution in [-0.4, -0.2) is 17.2 Å². The molecule has 0 bridgehead atoms. The molecule has 1 aromatic heterocycles. The SMILES string of the molecule is COc1cc(CNc2ccc(Cl)nc2C)ccc1O. The number of hydrogen-bond acceptors (Lipinski definition) is 4. The predicted octanol–water partition coefficient (Wildman–Crippen LogP) is 3.37. The molecule has 0 aliphatic rings. The van der Waals surface area contributed by atoms with E-state index in [1.54, 1.807) is 18.2 Å². The molecule has 4 nitrogen and oxygen atoms in total. The highest BCUT2D eigenvalue weighted by molar-refractivity contribution is 6.29. The van der Waals surface area contributed by atoms with Gasteiger partial charge in [0.2, 0.25) is 0 Å². The summed E-state index contributed by atoms with van der Waals surface area (Å²) in [5, 5.41) is 13.3. The Labute approximate surface area is 117 Å². The van der Waals surface area contributed by atoms with E-state index in [1.165, 1.54) is 7.11 Å². The Kier molecular flexibility index (Phi) is 4.12. The van der Waals surface area contributed by atoms with E-state index >= 15 is 0 Å². The number of methoxy groups -OCH3 is 1. The van der Waals surface area contributed by atoms with Crippen molar-refractivity contribution in [3.63, 3.8) is 0 Å². The number of anilines is 1. The van der Waals surface area contributed by atoms with Crippen LogP contribution in [0.25, 0.3) is 0 Å². The molecule has 0 fully saturated rings. The van der Waals surface area contributed by atoms with Crippen LogP contribution < -0.4 is 10.1 Å². The number of aromatic hydroxyl groups is 1. The lowest BCUT2D eigenvalue weighted by Gasteiger charge is -2.10. The van der Waals surface area contributed by atoms with E-state index in [4.69, 9.17) is 16.3 Å². The molecule has 1 heterocycles. The van der Waals surface area contributed by atoms with E-state index in [9.17, 15) is 5.11 Å². The summed E-state index contributed by atoms with van der Waals surface area (Å²) in [6.07, 6.45) is 0. The van der Waals surface area contributed by atoms with Gasteiger partial charge in [-0.1, -0.05) is 17.7 Å². The Balaban J connectivity index is 2.10. The van der Waals surface area contributed by atoms with Gasteiger partial charge in [-0.05, 0) is 36.8 Å². The average molecular weight is 279 g/mol. The molecule has 0 saturated heterocycles. The van der Waals surface area contributed by atoms with Gasteiger partial charge >= 0.3 is 0 Å². The second kappa shape index (κ2) is 5.80. The lowest BCUT2D eigenvalue weighted by Crippen LogP contribution is -2.02. The zero-order valence-electron chi connectivity index (χ0n) is 10.8. The number of nitrogens with zero attached hydrogens (tertiary/aromatic N) is 1. The number of pyridine rings is 1. The molecule has 0 amide bonds. The molecule has 1 aromatic carbocycles. The molecular formula is C14H15ClN2O2. The van der Waals surface area contributed by atoms with Crippen molar-refractivity contribution in [1.29, 1.82) is 0 Å². The Morgan fingerprint density at radius 1 is 1.32 bits per heavy atom. The maximum atomic E-state index is 9.52. The van der Waals surface area contributed by atoms with Crippen molar-refractivity contribution < 1.29 is 9.84 Å². The van der Waals surface area contributed by atoms with Crippen LogP contribution in [0, 0.1) is 6.92 Å². The molecule has 0 unspecified atom stereocenters. The second-order valence-electron chi connectivity index (χ2n) is 4.13. The molecule has 2 rings (SSSR count). The normalized spacial score (nSPS) is 10.3. The first-order valence-corrected chi connectivity index (χ1v) is 6.21. The zero-order chi connectivity index (χ0) is 13.8. The largest absolute Gasteiger partial charge is 0.504 e. The topological polar surface area (TPSA) is 54.4 Å². The van der Waals surface area contributed by atoms with Crippen LogP contribution in [0.5, 0.6) is 11.5 Å². The van der Waals surface area contributed by atoms with Crippen molar-refractivity contribution in [2.75, 3.05) is 12.4 Å². The number of phenols is 1. The molecule has 2 N–H and O–H groups in total. The van der Waals surface area contributed by atoms with Gasteiger partial charge in [0.15, 0.2) is 11.5 Å². The number of halogens is 1. The third-order valence-electron chi connectivity index (χ3n) is 2.78. The maximum Gasteiger partial charge on any atom is 0.160 e. The molecular weight excluding hydrogens is 264 g/mol. The van der Waals surface area contributed by atoms with E-state index in [0.29, 0.717) is 17.4 Å². The second-order valence-corrected chi connectivity index (χ2v) is 4.51. The Hall–Kier alpha value is -1.94. The summed E-state index contributed by atoms with van der Waals surface area (Å²) in [6, 6.07) is 8.88. The predicted molar refractivity (Wildman–Crippen MR) is 76.0 cm³/mol. The van der Waals surface area contributed by atoms with Crippen LogP contribution in [0.2, 0.25) is 5.15 Å². The van der Waals surface area contributed by atoms with Crippen LogP contribution in [0.4, 0.5) is 5.69 Å². The summed E-state index contributed by atoms with van der Waals surface area (Å²) >= 11 is 5.81. The van der Waals surface area contributed by atoms with E-state index in [1.807, 2.05) is 19.1 Å². The summed E-state index contributed by atoms with van der Waals surface area (Å²) in [7, 11) is 1.53. The van der Waals surface area contributed by atoms with Gasteiger partial charge in [0, 0.05) is 6.54 Å². The molecule has 0 aliphatic carbocycles. The fourth-order valence-electron chi connectivity index (χ4n) is 1.75. The van der Waals surface area contributed by atoms with Crippen LogP contribution in [0.1, 0.15) is 11.3 Å². The minimum Gasteiger partial charge on any atom is -0.504 e. The number of benzene rings is 1. The van der Waals surface area contributed by atoms with Crippen LogP contribution in [0.3, 0.4) is 0 Å². The number of nitrogens with one attached hydrogen (secondary N) is 1. The fourth-order valence-corrected chi connectivity index (χ4v) is 1.94. The van der Waals surface area contributed by atoms with Gasteiger partial charge in [-0.15, -0.1) is 0 Å². The smallest absolute Gasteiger partial charge is 0.160 e. The van der Waals surface area contributed by atoms with Crippen molar-refractivity contribution in [2.24, 2.45) is 0 Å². The Bertz CT molecular complexity index is 588. The van der Waals surface area contributed by atoms with Crippen molar-refractivity contribution in [1.82, 2.24) is 4.98 Å². The standard InChI is InChI=1S/C14H15ClN2O2/c1-9-11(4-6-14(15)17-9)16-8-10-3-5-12(18)13(7-10)19-2/h3-7,16,18H,8H2,1-2H3. The third kappa shape index (κ3) is 3.29. The van der Waals surface area contributed by atoms with Crippen molar-refractivity contribution in [3.8, 4) is 11.5 Å². The Morgan fingerprint density at radius 2 is 2.11 bits per heavy atom. The number of phenolic OH excluding ortho intramolecular Hbond substituents is 1. The first kappa shape index (κ1) is 13.5. The highest BCUT2D eigenvalue weighted by Gasteiger charge is 2.04. The number of rotatable bonds is 4. The number of aromatic nitrogens is 1. The average Bonchev–Trinajstić information content (AvgIpc) is 2.39. The summed E-state index contributed by atoms with van der Waals surface area (Å²) in [5.41, 5.74) is 2.78. The van der Waals surface area contributed by atoms with Crippen molar-refractivity contribution >= 4 is 17.3 Å². The third-order valence-corrected chi connectivity index (χ3v) is 2.99. The molecule has 0 radical (unpaired) electrons. The van der Waals surface area contributed by atoms with E-state index in [-0.39, 0.29) is 5.75 Å². The maximum absolute atomic E-state index is 9.52. The molecule has 2 aromatic rings. The minimum absolute atomic E-state index is 0.135. The Morgan fingerprint density at radius 3 is 2.79 bits per heavy atom. The molecule has 100 valence electrons. The minimum atomic E-state index is 0.135. The van der Waals surface area contributed by atoms with Gasteiger partial charge in [-0.3, -0.25) is 0 Å². The molecule has 0 aliphatic heterocycles. The van der Waals surface area contributed by atoms with Gasteiger partial charge in [-0.25, -0.2) is 4.98 Å². The molecule has 0 spiro atoms. The molecule has 0 saturated carbocycles. The van der Waals surface area contributed by atoms with Gasteiger partial charge < -0.3 is 15.2 Å². The van der Waals surface area contributed by atoms with Gasteiger partial charge in [0.1, 0.15) is 5.15 Å². The quantitative estimate of drug-likeness (QED) is 0.842. The summed E-state index contributed by atoms with van der Waals surface area (Å²) in [6.45, 7) is 2.51. The van der Waals surface area contributed by atoms with Gasteiger partial charge in [-0.2, -0.15) is 0 Å². The first-order chi connectivity index (χ1) is 9.10. The fraction of sp³-hybridized carbons (Fsp3) is 0.214. The summed E-state index contributed by atoms with van der Waals surface area (Å²) < 4.78 is 5.07.